The molecular formula is C11H27O6Zr-. The van der Waals surface area contributed by atoms with Crippen molar-refractivity contribution in [2.45, 2.75) is 34.1 Å². The number of carboxylic acid groups (broad SMARTS) is 1. The van der Waals surface area contributed by atoms with E-state index in [1.54, 1.807) is 20.8 Å². The molecule has 0 aliphatic rings. The maximum Gasteiger partial charge on any atom is 0.310 e. The van der Waals surface area contributed by atoms with Crippen LogP contribution in [0.4, 0.5) is 0 Å². The molecule has 0 spiro atoms. The fourth-order valence-corrected chi connectivity index (χ4v) is 0.213. The Morgan fingerprint density at radius 3 is 1.06 bits per heavy atom. The monoisotopic (exact) mass is 345 g/mol. The number of hydrogen-bond acceptors (Lipinski definition) is 5. The molecule has 0 rings (SSSR count). The first kappa shape index (κ1) is 36.1. The van der Waals surface area contributed by atoms with Gasteiger partial charge in [-0.15, -0.1) is 0 Å². The molecule has 0 atom stereocenters. The zero-order valence-corrected chi connectivity index (χ0v) is 14.4. The molecule has 4 N–H and O–H groups in total. The summed E-state index contributed by atoms with van der Waals surface area (Å²) in [5.41, 5.74) is 0. The van der Waals surface area contributed by atoms with Crippen molar-refractivity contribution in [3.63, 3.8) is 0 Å². The molecule has 0 radical (unpaired) electrons. The molecule has 0 unspecified atom stereocenters. The van der Waals surface area contributed by atoms with Crippen molar-refractivity contribution in [1.82, 2.24) is 0 Å². The molecule has 18 heavy (non-hydrogen) atoms. The first-order valence-corrected chi connectivity index (χ1v) is 4.91. The molecular weight excluding hydrogens is 319 g/mol. The molecule has 0 aromatic rings. The van der Waals surface area contributed by atoms with E-state index in [2.05, 4.69) is 0 Å². The minimum Gasteiger partial charge on any atom is -0.481 e. The fourth-order valence-electron chi connectivity index (χ4n) is 0.213. The van der Waals surface area contributed by atoms with Crippen LogP contribution in [-0.4, -0.2) is 52.0 Å². The zero-order valence-electron chi connectivity index (χ0n) is 11.9. The van der Waals surface area contributed by atoms with Gasteiger partial charge in [0.05, 0.1) is 0 Å². The maximum atomic E-state index is 9.87. The molecule has 0 saturated carbocycles. The van der Waals surface area contributed by atoms with Crippen LogP contribution < -0.4 is 0 Å². The number of carbonyl (C=O) groups excluding carboxylic acids is 1. The Kier molecular flexibility index (Phi) is 87.4. The summed E-state index contributed by atoms with van der Waals surface area (Å²) < 4.78 is 0. The van der Waals surface area contributed by atoms with E-state index in [9.17, 15) is 9.59 Å². The van der Waals surface area contributed by atoms with Crippen molar-refractivity contribution in [1.29, 1.82) is 0 Å². The number of aliphatic carboxylic acids is 1. The minimum atomic E-state index is -1.06. The van der Waals surface area contributed by atoms with Gasteiger partial charge in [-0.1, -0.05) is 0 Å². The third-order valence-electron chi connectivity index (χ3n) is 0.400. The van der Waals surface area contributed by atoms with E-state index in [1.807, 2.05) is 0 Å². The molecule has 0 aromatic carbocycles. The topological polar surface area (TPSA) is 115 Å². The van der Waals surface area contributed by atoms with Gasteiger partial charge in [-0.2, -0.15) is 0 Å². The van der Waals surface area contributed by atoms with Crippen LogP contribution in [0.3, 0.4) is 0 Å². The summed E-state index contributed by atoms with van der Waals surface area (Å²) in [6.45, 7) is 7.04. The van der Waals surface area contributed by atoms with Crippen LogP contribution in [0, 0.1) is 7.43 Å². The van der Waals surface area contributed by atoms with Crippen LogP contribution in [-0.2, 0) is 35.8 Å². The Hall–Kier alpha value is -0.0969. The first-order chi connectivity index (χ1) is 7.37. The number of Topliss-reactive ketones (excluding diaryl/α,β-unsaturated/α-hetero) is 1. The zero-order chi connectivity index (χ0) is 14.0. The molecule has 6 nitrogen and oxygen atoms in total. The number of aliphatic hydroxyl groups is 3. The molecule has 0 fully saturated rings. The van der Waals surface area contributed by atoms with Crippen LogP contribution in [0.25, 0.3) is 0 Å². The van der Waals surface area contributed by atoms with Crippen molar-refractivity contribution >= 4 is 11.8 Å². The van der Waals surface area contributed by atoms with Gasteiger partial charge in [0.1, 0.15) is 12.2 Å². The number of hydrogen-bond donors (Lipinski definition) is 4. The molecule has 112 valence electrons. The standard InChI is InChI=1S/C4H6O3.3C2H6O.CH3.Zr/c1-3(5)2-4(6)7;3*1-2-3;;/h2H2,1H3,(H,6,7);3*3H,2H2,1H3;1H3;/q;;;;-1;. The molecule has 7 heteroatoms. The van der Waals surface area contributed by atoms with Crippen molar-refractivity contribution in [3.8, 4) is 0 Å². The van der Waals surface area contributed by atoms with Gasteiger partial charge in [0.25, 0.3) is 0 Å². The summed E-state index contributed by atoms with van der Waals surface area (Å²) in [5, 5.41) is 30.6. The van der Waals surface area contributed by atoms with Gasteiger partial charge >= 0.3 is 5.97 Å². The van der Waals surface area contributed by atoms with Gasteiger partial charge < -0.3 is 27.9 Å². The van der Waals surface area contributed by atoms with Crippen LogP contribution in [0.15, 0.2) is 0 Å². The smallest absolute Gasteiger partial charge is 0.310 e. The Labute approximate surface area is 129 Å². The summed E-state index contributed by atoms with van der Waals surface area (Å²) in [6.07, 6.45) is -0.361. The predicted molar refractivity (Wildman–Crippen MR) is 67.6 cm³/mol. The van der Waals surface area contributed by atoms with E-state index < -0.39 is 5.97 Å². The van der Waals surface area contributed by atoms with Crippen LogP contribution in [0.1, 0.15) is 34.1 Å². The van der Waals surface area contributed by atoms with Gasteiger partial charge in [0, 0.05) is 46.0 Å². The van der Waals surface area contributed by atoms with E-state index in [1.165, 1.54) is 6.92 Å². The van der Waals surface area contributed by atoms with Crippen molar-refractivity contribution in [2.24, 2.45) is 0 Å². The second-order valence-electron chi connectivity index (χ2n) is 2.22. The van der Waals surface area contributed by atoms with Crippen molar-refractivity contribution < 1.29 is 56.2 Å². The third kappa shape index (κ3) is 232. The van der Waals surface area contributed by atoms with Crippen molar-refractivity contribution in [2.75, 3.05) is 19.8 Å². The Bertz CT molecular complexity index is 125. The quantitative estimate of drug-likeness (QED) is 0.427. The van der Waals surface area contributed by atoms with E-state index in [0.29, 0.717) is 0 Å². The van der Waals surface area contributed by atoms with Crippen LogP contribution >= 0.6 is 0 Å². The molecule has 0 saturated heterocycles. The van der Waals surface area contributed by atoms with Gasteiger partial charge in [-0.3, -0.25) is 9.59 Å². The summed E-state index contributed by atoms with van der Waals surface area (Å²) in [5.74, 6) is -1.37. The number of aliphatic hydroxyl groups excluding tert-OH is 3. The minimum absolute atomic E-state index is 0. The van der Waals surface area contributed by atoms with E-state index >= 15 is 0 Å². The molecule has 0 heterocycles. The van der Waals surface area contributed by atoms with Gasteiger partial charge in [-0.05, 0) is 27.7 Å². The summed E-state index contributed by atoms with van der Waals surface area (Å²) >= 11 is 0. The predicted octanol–water partition coefficient (Wildman–Crippen LogP) is 0.494. The second-order valence-corrected chi connectivity index (χ2v) is 2.22. The summed E-state index contributed by atoms with van der Waals surface area (Å²) in [6, 6.07) is 0. The number of ketones is 1. The molecule has 0 bridgehead atoms. The average molecular weight is 347 g/mol. The fraction of sp³-hybridized carbons (Fsp3) is 0.727. The third-order valence-corrected chi connectivity index (χ3v) is 0.400. The molecule has 0 amide bonds. The molecule has 0 aromatic heterocycles. The Morgan fingerprint density at radius 2 is 1.06 bits per heavy atom. The van der Waals surface area contributed by atoms with Gasteiger partial charge in [-0.25, -0.2) is 0 Å². The van der Waals surface area contributed by atoms with Crippen LogP contribution in [0.5, 0.6) is 0 Å². The van der Waals surface area contributed by atoms with Gasteiger partial charge in [0.15, 0.2) is 0 Å². The molecule has 0 aliphatic carbocycles. The van der Waals surface area contributed by atoms with Gasteiger partial charge in [0.2, 0.25) is 0 Å². The number of carbonyl (C=O) groups is 2. The summed E-state index contributed by atoms with van der Waals surface area (Å²) in [7, 11) is 0. The van der Waals surface area contributed by atoms with E-state index in [0.717, 1.165) is 0 Å². The molecule has 0 aliphatic heterocycles. The first-order valence-electron chi connectivity index (χ1n) is 4.91. The average Bonchev–Trinajstić information content (AvgIpc) is 2.04. The van der Waals surface area contributed by atoms with E-state index in [4.69, 9.17) is 20.4 Å². The second kappa shape index (κ2) is 43.6. The number of rotatable bonds is 2. The number of carboxylic acids is 1. The summed E-state index contributed by atoms with van der Waals surface area (Å²) in [4.78, 5) is 19.5. The normalized spacial score (nSPS) is 6.17. The Morgan fingerprint density at radius 1 is 0.889 bits per heavy atom. The largest absolute Gasteiger partial charge is 0.481 e. The SMILES string of the molecule is CC(=O)CC(=O)O.CCO.CCO.CCO.[CH3-].[Zr]. The van der Waals surface area contributed by atoms with Crippen LogP contribution in [0.2, 0.25) is 0 Å². The Balaban J connectivity index is -0.0000000284. The van der Waals surface area contributed by atoms with E-state index in [-0.39, 0.29) is 65.7 Å². The maximum absolute atomic E-state index is 9.87. The van der Waals surface area contributed by atoms with Crippen molar-refractivity contribution in [3.05, 3.63) is 7.43 Å².